The number of ether oxygens (including phenoxy) is 1. The van der Waals surface area contributed by atoms with Gasteiger partial charge in [0.2, 0.25) is 0 Å². The molecular formula is C14H21NO4. The highest BCUT2D eigenvalue weighted by Crippen LogP contribution is 2.29. The summed E-state index contributed by atoms with van der Waals surface area (Å²) in [5.74, 6) is 1.01. The lowest BCUT2D eigenvalue weighted by Crippen LogP contribution is -2.47. The number of carboxylic acids is 1. The highest BCUT2D eigenvalue weighted by atomic mass is 16.5. The van der Waals surface area contributed by atoms with E-state index in [-0.39, 0.29) is 18.5 Å². The molecule has 1 saturated heterocycles. The van der Waals surface area contributed by atoms with Crippen LogP contribution in [-0.2, 0) is 9.53 Å². The molecule has 0 radical (unpaired) electrons. The van der Waals surface area contributed by atoms with Gasteiger partial charge in [-0.1, -0.05) is 0 Å². The molecule has 1 aliphatic rings. The van der Waals surface area contributed by atoms with Crippen LogP contribution in [0.15, 0.2) is 10.5 Å². The van der Waals surface area contributed by atoms with E-state index in [0.717, 1.165) is 23.6 Å². The normalized spacial score (nSPS) is 22.4. The molecule has 1 fully saturated rings. The van der Waals surface area contributed by atoms with Crippen molar-refractivity contribution in [2.75, 3.05) is 19.8 Å². The van der Waals surface area contributed by atoms with E-state index >= 15 is 0 Å². The summed E-state index contributed by atoms with van der Waals surface area (Å²) in [6.07, 6.45) is 0.111. The van der Waals surface area contributed by atoms with Crippen molar-refractivity contribution in [3.05, 3.63) is 23.2 Å². The lowest BCUT2D eigenvalue weighted by Gasteiger charge is -2.39. The average molecular weight is 267 g/mol. The Morgan fingerprint density at radius 3 is 2.89 bits per heavy atom. The van der Waals surface area contributed by atoms with Crippen molar-refractivity contribution in [2.24, 2.45) is 0 Å². The predicted molar refractivity (Wildman–Crippen MR) is 70.2 cm³/mol. The zero-order valence-electron chi connectivity index (χ0n) is 11.7. The van der Waals surface area contributed by atoms with E-state index < -0.39 is 5.97 Å². The van der Waals surface area contributed by atoms with Crippen LogP contribution in [0.4, 0.5) is 0 Å². The minimum atomic E-state index is -0.784. The van der Waals surface area contributed by atoms with Crippen molar-refractivity contribution in [1.29, 1.82) is 0 Å². The number of hydrogen-bond donors (Lipinski definition) is 1. The smallest absolute Gasteiger partial charge is 0.305 e. The van der Waals surface area contributed by atoms with Crippen molar-refractivity contribution in [3.63, 3.8) is 0 Å². The van der Waals surface area contributed by atoms with E-state index in [0.29, 0.717) is 13.2 Å². The number of carbonyl (C=O) groups is 1. The van der Waals surface area contributed by atoms with Gasteiger partial charge in [0.1, 0.15) is 11.5 Å². The maximum atomic E-state index is 10.9. The van der Waals surface area contributed by atoms with E-state index in [1.54, 1.807) is 0 Å². The van der Waals surface area contributed by atoms with Crippen LogP contribution < -0.4 is 0 Å². The Labute approximate surface area is 113 Å². The van der Waals surface area contributed by atoms with Gasteiger partial charge in [-0.05, 0) is 26.8 Å². The molecule has 0 aromatic carbocycles. The third-order valence-corrected chi connectivity index (χ3v) is 3.71. The monoisotopic (exact) mass is 267 g/mol. The molecule has 2 rings (SSSR count). The Balaban J connectivity index is 2.17. The second kappa shape index (κ2) is 5.75. The average Bonchev–Trinajstić information content (AvgIpc) is 2.67. The van der Waals surface area contributed by atoms with Crippen LogP contribution in [0, 0.1) is 13.8 Å². The molecule has 0 amide bonds. The number of morpholine rings is 1. The lowest BCUT2D eigenvalue weighted by molar-refractivity contribution is -0.140. The molecule has 0 bridgehead atoms. The highest BCUT2D eigenvalue weighted by Gasteiger charge is 2.30. The van der Waals surface area contributed by atoms with Gasteiger partial charge in [-0.3, -0.25) is 9.69 Å². The molecule has 1 aromatic heterocycles. The summed E-state index contributed by atoms with van der Waals surface area (Å²) >= 11 is 0. The predicted octanol–water partition coefficient (Wildman–Crippen LogP) is 2.13. The quantitative estimate of drug-likeness (QED) is 0.905. The summed E-state index contributed by atoms with van der Waals surface area (Å²) in [4.78, 5) is 13.1. The first-order chi connectivity index (χ1) is 8.99. The van der Waals surface area contributed by atoms with Crippen LogP contribution in [0.1, 0.15) is 36.5 Å². The van der Waals surface area contributed by atoms with Crippen LogP contribution in [0.3, 0.4) is 0 Å². The third-order valence-electron chi connectivity index (χ3n) is 3.71. The summed E-state index contributed by atoms with van der Waals surface area (Å²) < 4.78 is 11.0. The Morgan fingerprint density at radius 2 is 2.32 bits per heavy atom. The molecule has 5 nitrogen and oxygen atoms in total. The fourth-order valence-corrected chi connectivity index (χ4v) is 2.80. The standard InChI is InChI=1S/C14H21NO4/c1-9-6-13(11(3)19-9)10(2)15-4-5-18-8-12(15)7-14(16)17/h6,10,12H,4-5,7-8H2,1-3H3,(H,16,17). The molecule has 19 heavy (non-hydrogen) atoms. The summed E-state index contributed by atoms with van der Waals surface area (Å²) in [6, 6.07) is 2.11. The van der Waals surface area contributed by atoms with Gasteiger partial charge in [-0.15, -0.1) is 0 Å². The zero-order chi connectivity index (χ0) is 14.0. The zero-order valence-corrected chi connectivity index (χ0v) is 11.7. The molecule has 0 aliphatic carbocycles. The minimum Gasteiger partial charge on any atom is -0.481 e. The first-order valence-corrected chi connectivity index (χ1v) is 6.61. The van der Waals surface area contributed by atoms with E-state index in [9.17, 15) is 4.79 Å². The number of rotatable bonds is 4. The summed E-state index contributed by atoms with van der Waals surface area (Å²) in [7, 11) is 0. The van der Waals surface area contributed by atoms with Gasteiger partial charge >= 0.3 is 5.97 Å². The molecule has 2 unspecified atom stereocenters. The minimum absolute atomic E-state index is 0.0733. The Hall–Kier alpha value is -1.33. The summed E-state index contributed by atoms with van der Waals surface area (Å²) in [5.41, 5.74) is 1.13. The van der Waals surface area contributed by atoms with Crippen molar-refractivity contribution in [2.45, 2.75) is 39.3 Å². The van der Waals surface area contributed by atoms with Crippen LogP contribution in [0.2, 0.25) is 0 Å². The van der Waals surface area contributed by atoms with Crippen molar-refractivity contribution in [1.82, 2.24) is 4.90 Å². The van der Waals surface area contributed by atoms with Gasteiger partial charge in [0.05, 0.1) is 19.6 Å². The summed E-state index contributed by atoms with van der Waals surface area (Å²) in [5, 5.41) is 8.99. The van der Waals surface area contributed by atoms with Gasteiger partial charge in [-0.25, -0.2) is 0 Å². The van der Waals surface area contributed by atoms with Gasteiger partial charge in [0.15, 0.2) is 0 Å². The van der Waals surface area contributed by atoms with Crippen LogP contribution in [-0.4, -0.2) is 41.8 Å². The molecule has 2 heterocycles. The second-order valence-corrected chi connectivity index (χ2v) is 5.11. The third kappa shape index (κ3) is 3.16. The fourth-order valence-electron chi connectivity index (χ4n) is 2.80. The van der Waals surface area contributed by atoms with E-state index in [1.165, 1.54) is 0 Å². The molecule has 1 N–H and O–H groups in total. The van der Waals surface area contributed by atoms with Crippen molar-refractivity contribution >= 4 is 5.97 Å². The first-order valence-electron chi connectivity index (χ1n) is 6.61. The Morgan fingerprint density at radius 1 is 1.58 bits per heavy atom. The topological polar surface area (TPSA) is 62.9 Å². The molecule has 1 aliphatic heterocycles. The number of aliphatic carboxylic acids is 1. The number of hydrogen-bond acceptors (Lipinski definition) is 4. The van der Waals surface area contributed by atoms with Gasteiger partial charge in [0, 0.05) is 24.2 Å². The number of nitrogens with zero attached hydrogens (tertiary/aromatic N) is 1. The van der Waals surface area contributed by atoms with Crippen LogP contribution in [0.5, 0.6) is 0 Å². The maximum absolute atomic E-state index is 10.9. The number of carboxylic acid groups (broad SMARTS) is 1. The Kier molecular flexibility index (Phi) is 4.27. The lowest BCUT2D eigenvalue weighted by atomic mass is 10.0. The van der Waals surface area contributed by atoms with Crippen molar-refractivity contribution < 1.29 is 19.1 Å². The maximum Gasteiger partial charge on any atom is 0.305 e. The molecule has 5 heteroatoms. The second-order valence-electron chi connectivity index (χ2n) is 5.11. The fraction of sp³-hybridized carbons (Fsp3) is 0.643. The number of furan rings is 1. The van der Waals surface area contributed by atoms with Crippen molar-refractivity contribution in [3.8, 4) is 0 Å². The Bertz CT molecular complexity index is 454. The SMILES string of the molecule is Cc1cc(C(C)N2CCOCC2CC(=O)O)c(C)o1. The molecule has 106 valence electrons. The summed E-state index contributed by atoms with van der Waals surface area (Å²) in [6.45, 7) is 7.85. The number of aryl methyl sites for hydroxylation is 2. The van der Waals surface area contributed by atoms with E-state index in [4.69, 9.17) is 14.3 Å². The van der Waals surface area contributed by atoms with Crippen LogP contribution >= 0.6 is 0 Å². The van der Waals surface area contributed by atoms with E-state index in [1.807, 2.05) is 19.9 Å². The molecule has 1 aromatic rings. The first kappa shape index (κ1) is 14.1. The van der Waals surface area contributed by atoms with Gasteiger partial charge < -0.3 is 14.3 Å². The molecular weight excluding hydrogens is 246 g/mol. The molecule has 0 saturated carbocycles. The largest absolute Gasteiger partial charge is 0.481 e. The van der Waals surface area contributed by atoms with E-state index in [2.05, 4.69) is 11.8 Å². The highest BCUT2D eigenvalue weighted by molar-refractivity contribution is 5.67. The van der Waals surface area contributed by atoms with Gasteiger partial charge in [0.25, 0.3) is 0 Å². The molecule has 0 spiro atoms. The molecule has 2 atom stereocenters. The van der Waals surface area contributed by atoms with Crippen LogP contribution in [0.25, 0.3) is 0 Å². The van der Waals surface area contributed by atoms with Gasteiger partial charge in [-0.2, -0.15) is 0 Å².